The van der Waals surface area contributed by atoms with Crippen LogP contribution in [0.2, 0.25) is 0 Å². The van der Waals surface area contributed by atoms with Crippen molar-refractivity contribution in [1.82, 2.24) is 19.7 Å². The summed E-state index contributed by atoms with van der Waals surface area (Å²) < 4.78 is 7.25. The third-order valence-electron chi connectivity index (χ3n) is 4.67. The summed E-state index contributed by atoms with van der Waals surface area (Å²) in [5.74, 6) is 0.617. The molecule has 0 bridgehead atoms. The lowest BCUT2D eigenvalue weighted by molar-refractivity contribution is 0.574. The molecule has 0 radical (unpaired) electrons. The number of rotatable bonds is 3. The van der Waals surface area contributed by atoms with Gasteiger partial charge in [0.1, 0.15) is 6.26 Å². The Morgan fingerprint density at radius 1 is 0.852 bits per heavy atom. The highest BCUT2D eigenvalue weighted by Gasteiger charge is 2.09. The second-order valence-corrected chi connectivity index (χ2v) is 6.44. The Morgan fingerprint density at radius 2 is 1.67 bits per heavy atom. The lowest BCUT2D eigenvalue weighted by atomic mass is 9.97. The molecule has 0 amide bonds. The van der Waals surface area contributed by atoms with E-state index in [0.717, 1.165) is 38.6 Å². The van der Waals surface area contributed by atoms with Gasteiger partial charge in [-0.1, -0.05) is 30.3 Å². The van der Waals surface area contributed by atoms with E-state index < -0.39 is 0 Å². The predicted octanol–water partition coefficient (Wildman–Crippen LogP) is 4.96. The minimum atomic E-state index is 0.617. The molecule has 0 unspecified atom stereocenters. The molecule has 0 spiro atoms. The lowest BCUT2D eigenvalue weighted by Gasteiger charge is -2.08. The molecule has 5 rings (SSSR count). The zero-order valence-corrected chi connectivity index (χ0v) is 14.7. The second kappa shape index (κ2) is 6.21. The highest BCUT2D eigenvalue weighted by Crippen LogP contribution is 2.32. The van der Waals surface area contributed by atoms with Gasteiger partial charge in [-0.15, -0.1) is 0 Å². The molecule has 3 heterocycles. The maximum Gasteiger partial charge on any atom is 0.225 e. The minimum absolute atomic E-state index is 0.617. The molecule has 27 heavy (non-hydrogen) atoms. The fourth-order valence-corrected chi connectivity index (χ4v) is 3.31. The van der Waals surface area contributed by atoms with Crippen LogP contribution < -0.4 is 0 Å². The van der Waals surface area contributed by atoms with Gasteiger partial charge in [-0.25, -0.2) is 4.98 Å². The van der Waals surface area contributed by atoms with E-state index in [9.17, 15) is 0 Å². The third kappa shape index (κ3) is 2.79. The summed E-state index contributed by atoms with van der Waals surface area (Å²) in [6.45, 7) is 0. The average Bonchev–Trinajstić information content (AvgIpc) is 3.39. The van der Waals surface area contributed by atoms with Crippen molar-refractivity contribution in [2.75, 3.05) is 0 Å². The number of hydrogen-bond donors (Lipinski definition) is 0. The van der Waals surface area contributed by atoms with Crippen LogP contribution >= 0.6 is 0 Å². The third-order valence-corrected chi connectivity index (χ3v) is 4.67. The fourth-order valence-electron chi connectivity index (χ4n) is 3.31. The van der Waals surface area contributed by atoms with Crippen molar-refractivity contribution in [2.24, 2.45) is 7.05 Å². The Kier molecular flexibility index (Phi) is 3.57. The summed E-state index contributed by atoms with van der Waals surface area (Å²) in [5, 5.41) is 6.44. The number of aryl methyl sites for hydroxylation is 1. The van der Waals surface area contributed by atoms with E-state index in [1.165, 1.54) is 0 Å². The summed E-state index contributed by atoms with van der Waals surface area (Å²) in [6, 6.07) is 14.6. The largest absolute Gasteiger partial charge is 0.445 e. The second-order valence-electron chi connectivity index (χ2n) is 6.44. The molecule has 0 aliphatic carbocycles. The Hall–Kier alpha value is -3.73. The Labute approximate surface area is 155 Å². The first-order valence-electron chi connectivity index (χ1n) is 8.65. The minimum Gasteiger partial charge on any atom is -0.445 e. The number of aromatic nitrogens is 4. The van der Waals surface area contributed by atoms with Crippen molar-refractivity contribution in [2.45, 2.75) is 0 Å². The summed E-state index contributed by atoms with van der Waals surface area (Å²) in [5.41, 5.74) is 5.39. The maximum atomic E-state index is 5.45. The summed E-state index contributed by atoms with van der Waals surface area (Å²) in [6.07, 6.45) is 10.9. The van der Waals surface area contributed by atoms with Crippen molar-refractivity contribution in [3.8, 4) is 33.7 Å². The molecule has 5 nitrogen and oxygen atoms in total. The highest BCUT2D eigenvalue weighted by molar-refractivity contribution is 5.98. The molecule has 5 aromatic rings. The SMILES string of the molecule is Cn1cc(-c2ccc(-c3cncc4ccc(-c5ncco5)cc34)cc2)cn1. The van der Waals surface area contributed by atoms with Crippen molar-refractivity contribution in [3.63, 3.8) is 0 Å². The van der Waals surface area contributed by atoms with Crippen molar-refractivity contribution in [1.29, 1.82) is 0 Å². The predicted molar refractivity (Wildman–Crippen MR) is 105 cm³/mol. The van der Waals surface area contributed by atoms with E-state index >= 15 is 0 Å². The summed E-state index contributed by atoms with van der Waals surface area (Å²) in [4.78, 5) is 8.67. The van der Waals surface area contributed by atoms with Gasteiger partial charge in [-0.3, -0.25) is 9.67 Å². The molecular formula is C22H16N4O. The van der Waals surface area contributed by atoms with Crippen LogP contribution in [0.5, 0.6) is 0 Å². The van der Waals surface area contributed by atoms with Crippen LogP contribution in [-0.4, -0.2) is 19.7 Å². The maximum absolute atomic E-state index is 5.45. The van der Waals surface area contributed by atoms with E-state index in [-0.39, 0.29) is 0 Å². The van der Waals surface area contributed by atoms with Crippen LogP contribution in [-0.2, 0) is 7.05 Å². The van der Waals surface area contributed by atoms with Gasteiger partial charge in [0.05, 0.1) is 12.4 Å². The van der Waals surface area contributed by atoms with Crippen molar-refractivity contribution < 1.29 is 4.42 Å². The first-order valence-corrected chi connectivity index (χ1v) is 8.65. The van der Waals surface area contributed by atoms with Crippen LogP contribution in [0.1, 0.15) is 0 Å². The molecule has 2 aromatic carbocycles. The molecule has 3 aromatic heterocycles. The van der Waals surface area contributed by atoms with Gasteiger partial charge in [-0.05, 0) is 28.6 Å². The van der Waals surface area contributed by atoms with Gasteiger partial charge in [-0.2, -0.15) is 5.10 Å². The van der Waals surface area contributed by atoms with Crippen molar-refractivity contribution in [3.05, 3.63) is 79.7 Å². The van der Waals surface area contributed by atoms with E-state index in [1.54, 1.807) is 12.5 Å². The number of fused-ring (bicyclic) bond motifs is 1. The van der Waals surface area contributed by atoms with Gasteiger partial charge < -0.3 is 4.42 Å². The molecule has 0 aliphatic heterocycles. The number of oxazole rings is 1. The van der Waals surface area contributed by atoms with Crippen LogP contribution in [0.25, 0.3) is 44.5 Å². The van der Waals surface area contributed by atoms with Gasteiger partial charge in [0.2, 0.25) is 5.89 Å². The zero-order valence-electron chi connectivity index (χ0n) is 14.7. The van der Waals surface area contributed by atoms with Crippen LogP contribution in [0.15, 0.2) is 84.1 Å². The van der Waals surface area contributed by atoms with Gasteiger partial charge in [0.15, 0.2) is 0 Å². The van der Waals surface area contributed by atoms with Gasteiger partial charge in [0, 0.05) is 47.7 Å². The van der Waals surface area contributed by atoms with Crippen molar-refractivity contribution >= 4 is 10.8 Å². The topological polar surface area (TPSA) is 56.7 Å². The molecule has 5 heteroatoms. The number of benzene rings is 2. The van der Waals surface area contributed by atoms with Gasteiger partial charge >= 0.3 is 0 Å². The average molecular weight is 352 g/mol. The Bertz CT molecular complexity index is 1220. The standard InChI is InChI=1S/C22H16N4O/c1-26-14-19(12-25-26)15-2-4-16(5-3-15)21-13-23-11-18-7-6-17(10-20(18)21)22-24-8-9-27-22/h2-14H,1H3. The van der Waals surface area contributed by atoms with E-state index in [2.05, 4.69) is 51.5 Å². The molecule has 0 fully saturated rings. The zero-order chi connectivity index (χ0) is 18.2. The van der Waals surface area contributed by atoms with Crippen LogP contribution in [0.3, 0.4) is 0 Å². The first-order chi connectivity index (χ1) is 13.3. The highest BCUT2D eigenvalue weighted by atomic mass is 16.3. The molecule has 0 N–H and O–H groups in total. The number of nitrogens with zero attached hydrogens (tertiary/aromatic N) is 4. The fraction of sp³-hybridized carbons (Fsp3) is 0.0455. The number of hydrogen-bond acceptors (Lipinski definition) is 4. The normalized spacial score (nSPS) is 11.1. The summed E-state index contributed by atoms with van der Waals surface area (Å²) >= 11 is 0. The molecule has 0 saturated heterocycles. The summed E-state index contributed by atoms with van der Waals surface area (Å²) in [7, 11) is 1.92. The quantitative estimate of drug-likeness (QED) is 0.461. The monoisotopic (exact) mass is 352 g/mol. The molecule has 0 aliphatic rings. The lowest BCUT2D eigenvalue weighted by Crippen LogP contribution is -1.86. The Morgan fingerprint density at radius 3 is 2.41 bits per heavy atom. The van der Waals surface area contributed by atoms with E-state index in [4.69, 9.17) is 4.42 Å². The Balaban J connectivity index is 1.60. The van der Waals surface area contributed by atoms with E-state index in [0.29, 0.717) is 5.89 Å². The van der Waals surface area contributed by atoms with Crippen LogP contribution in [0, 0.1) is 0 Å². The van der Waals surface area contributed by atoms with Crippen LogP contribution in [0.4, 0.5) is 0 Å². The first kappa shape index (κ1) is 15.5. The molecule has 0 atom stereocenters. The van der Waals surface area contributed by atoms with E-state index in [1.807, 2.05) is 42.6 Å². The molecular weight excluding hydrogens is 336 g/mol. The molecule has 0 saturated carbocycles. The molecule has 130 valence electrons. The number of pyridine rings is 1. The smallest absolute Gasteiger partial charge is 0.225 e. The van der Waals surface area contributed by atoms with Gasteiger partial charge in [0.25, 0.3) is 0 Å².